The number of benzene rings is 2. The van der Waals surface area contributed by atoms with E-state index in [2.05, 4.69) is 10.3 Å². The van der Waals surface area contributed by atoms with Gasteiger partial charge >= 0.3 is 0 Å². The van der Waals surface area contributed by atoms with E-state index in [1.54, 1.807) is 42.7 Å². The number of ether oxygens (including phenoxy) is 1. The minimum absolute atomic E-state index is 0.231. The lowest BCUT2D eigenvalue weighted by Gasteiger charge is -2.20. The zero-order chi connectivity index (χ0) is 19.7. The van der Waals surface area contributed by atoms with Crippen molar-refractivity contribution in [3.8, 4) is 16.9 Å². The number of hydrogen-bond acceptors (Lipinski definition) is 5. The van der Waals surface area contributed by atoms with Crippen LogP contribution in [0.25, 0.3) is 11.1 Å². The van der Waals surface area contributed by atoms with Crippen molar-refractivity contribution in [2.24, 2.45) is 0 Å². The molecule has 0 radical (unpaired) electrons. The fourth-order valence-corrected chi connectivity index (χ4v) is 3.83. The number of nitrogens with one attached hydrogen (secondary N) is 1. The molecule has 0 bridgehead atoms. The number of sulfone groups is 1. The molecule has 3 aromatic rings. The Morgan fingerprint density at radius 2 is 2.00 bits per heavy atom. The topological polar surface area (TPSA) is 85.4 Å². The number of amides is 1. The molecule has 142 valence electrons. The van der Waals surface area contributed by atoms with Gasteiger partial charge in [0.15, 0.2) is 9.84 Å². The maximum atomic E-state index is 12.5. The summed E-state index contributed by atoms with van der Waals surface area (Å²) in [6.07, 6.45) is 4.68. The summed E-state index contributed by atoms with van der Waals surface area (Å²) in [5.41, 5.74) is 4.20. The molecule has 1 aliphatic rings. The van der Waals surface area contributed by atoms with Crippen molar-refractivity contribution in [1.82, 2.24) is 10.3 Å². The van der Waals surface area contributed by atoms with Crippen LogP contribution in [0.5, 0.6) is 5.75 Å². The number of hydrogen-bond donors (Lipinski definition) is 1. The van der Waals surface area contributed by atoms with Crippen molar-refractivity contribution in [3.63, 3.8) is 0 Å². The molecule has 0 aliphatic carbocycles. The van der Waals surface area contributed by atoms with Crippen LogP contribution >= 0.6 is 0 Å². The molecular weight excluding hydrogens is 376 g/mol. The zero-order valence-corrected chi connectivity index (χ0v) is 16.0. The Balaban J connectivity index is 1.51. The molecule has 2 aromatic carbocycles. The number of fused-ring (bicyclic) bond motifs is 3. The molecule has 7 heteroatoms. The number of carbonyl (C=O) groups excluding carboxylic acids is 1. The Bertz CT molecular complexity index is 1170. The van der Waals surface area contributed by atoms with Crippen LogP contribution < -0.4 is 10.1 Å². The largest absolute Gasteiger partial charge is 0.488 e. The lowest BCUT2D eigenvalue weighted by Crippen LogP contribution is -2.23. The summed E-state index contributed by atoms with van der Waals surface area (Å²) in [6, 6.07) is 13.8. The van der Waals surface area contributed by atoms with Crippen molar-refractivity contribution in [2.75, 3.05) is 6.26 Å². The highest BCUT2D eigenvalue weighted by Crippen LogP contribution is 2.37. The Labute approximate surface area is 163 Å². The second-order valence-corrected chi connectivity index (χ2v) is 8.65. The zero-order valence-electron chi connectivity index (χ0n) is 15.2. The van der Waals surface area contributed by atoms with Gasteiger partial charge in [-0.3, -0.25) is 9.78 Å². The van der Waals surface area contributed by atoms with E-state index in [9.17, 15) is 13.2 Å². The van der Waals surface area contributed by atoms with Gasteiger partial charge in [-0.2, -0.15) is 0 Å². The third-order valence-corrected chi connectivity index (χ3v) is 5.71. The van der Waals surface area contributed by atoms with Crippen molar-refractivity contribution >= 4 is 15.7 Å². The predicted molar refractivity (Wildman–Crippen MR) is 105 cm³/mol. The minimum atomic E-state index is -3.28. The van der Waals surface area contributed by atoms with Gasteiger partial charge in [0.25, 0.3) is 5.91 Å². The van der Waals surface area contributed by atoms with Crippen molar-refractivity contribution < 1.29 is 17.9 Å². The Morgan fingerprint density at radius 3 is 2.82 bits per heavy atom. The molecule has 0 saturated carbocycles. The second kappa shape index (κ2) is 7.09. The van der Waals surface area contributed by atoms with Gasteiger partial charge in [0, 0.05) is 41.9 Å². The molecule has 1 amide bonds. The highest BCUT2D eigenvalue weighted by molar-refractivity contribution is 7.90. The molecule has 1 N–H and O–H groups in total. The van der Waals surface area contributed by atoms with Gasteiger partial charge in [0.05, 0.1) is 4.90 Å². The third-order valence-electron chi connectivity index (χ3n) is 4.60. The molecular formula is C21H18N2O4S. The maximum absolute atomic E-state index is 12.5. The SMILES string of the molecule is CS(=O)(=O)c1cccc(CNC(=O)c2ccc3c(c2)OCc2cnccc2-3)c1. The quantitative estimate of drug-likeness (QED) is 0.735. The van der Waals surface area contributed by atoms with E-state index >= 15 is 0 Å². The second-order valence-electron chi connectivity index (χ2n) is 6.63. The van der Waals surface area contributed by atoms with E-state index in [0.717, 1.165) is 22.9 Å². The average molecular weight is 394 g/mol. The third kappa shape index (κ3) is 3.61. The molecule has 4 rings (SSSR count). The van der Waals surface area contributed by atoms with E-state index in [-0.39, 0.29) is 17.3 Å². The van der Waals surface area contributed by atoms with Gasteiger partial charge < -0.3 is 10.1 Å². The monoisotopic (exact) mass is 394 g/mol. The van der Waals surface area contributed by atoms with Gasteiger partial charge in [-0.25, -0.2) is 8.42 Å². The Hall–Kier alpha value is -3.19. The molecule has 1 aliphatic heterocycles. The maximum Gasteiger partial charge on any atom is 0.251 e. The number of nitrogens with zero attached hydrogens (tertiary/aromatic N) is 1. The Morgan fingerprint density at radius 1 is 1.14 bits per heavy atom. The fourth-order valence-electron chi connectivity index (χ4n) is 3.14. The van der Waals surface area contributed by atoms with Crippen LogP contribution in [0.3, 0.4) is 0 Å². The number of aromatic nitrogens is 1. The summed E-state index contributed by atoms with van der Waals surface area (Å²) in [4.78, 5) is 16.9. The molecule has 6 nitrogen and oxygen atoms in total. The molecule has 0 fully saturated rings. The van der Waals surface area contributed by atoms with Crippen LogP contribution in [-0.2, 0) is 23.0 Å². The first kappa shape index (κ1) is 18.2. The molecule has 28 heavy (non-hydrogen) atoms. The van der Waals surface area contributed by atoms with Crippen molar-refractivity contribution in [2.45, 2.75) is 18.0 Å². The normalized spacial score (nSPS) is 12.5. The summed E-state index contributed by atoms with van der Waals surface area (Å²) < 4.78 is 29.1. The van der Waals surface area contributed by atoms with Crippen LogP contribution in [-0.4, -0.2) is 25.6 Å². The van der Waals surface area contributed by atoms with Crippen LogP contribution in [0.15, 0.2) is 65.8 Å². The van der Waals surface area contributed by atoms with Crippen LogP contribution in [0.2, 0.25) is 0 Å². The summed E-state index contributed by atoms with van der Waals surface area (Å²) in [7, 11) is -3.28. The molecule has 0 atom stereocenters. The van der Waals surface area contributed by atoms with Crippen molar-refractivity contribution in [1.29, 1.82) is 0 Å². The van der Waals surface area contributed by atoms with Crippen LogP contribution in [0.4, 0.5) is 0 Å². The fraction of sp³-hybridized carbons (Fsp3) is 0.143. The van der Waals surface area contributed by atoms with E-state index in [1.165, 1.54) is 6.07 Å². The summed E-state index contributed by atoms with van der Waals surface area (Å²) in [5.74, 6) is 0.405. The van der Waals surface area contributed by atoms with Gasteiger partial charge in [0.2, 0.25) is 0 Å². The summed E-state index contributed by atoms with van der Waals surface area (Å²) in [6.45, 7) is 0.647. The summed E-state index contributed by atoms with van der Waals surface area (Å²) in [5, 5.41) is 2.82. The first-order valence-electron chi connectivity index (χ1n) is 8.69. The molecule has 1 aromatic heterocycles. The van der Waals surface area contributed by atoms with E-state index < -0.39 is 9.84 Å². The standard InChI is InChI=1S/C21H18N2O4S/c1-28(25,26)17-4-2-3-14(9-17)11-23-21(24)15-5-6-19-18-7-8-22-12-16(18)13-27-20(19)10-15/h2-10,12H,11,13H2,1H3,(H,23,24). The number of carbonyl (C=O) groups is 1. The lowest BCUT2D eigenvalue weighted by atomic mass is 9.97. The van der Waals surface area contributed by atoms with Gasteiger partial charge in [-0.05, 0) is 47.5 Å². The van der Waals surface area contributed by atoms with E-state index in [1.807, 2.05) is 12.1 Å². The summed E-state index contributed by atoms with van der Waals surface area (Å²) >= 11 is 0. The van der Waals surface area contributed by atoms with Gasteiger partial charge in [-0.1, -0.05) is 12.1 Å². The first-order valence-corrected chi connectivity index (χ1v) is 10.6. The van der Waals surface area contributed by atoms with Crippen LogP contribution in [0, 0.1) is 0 Å². The Kier molecular flexibility index (Phi) is 4.60. The molecule has 0 unspecified atom stereocenters. The van der Waals surface area contributed by atoms with E-state index in [4.69, 9.17) is 4.74 Å². The number of pyridine rings is 1. The van der Waals surface area contributed by atoms with Crippen molar-refractivity contribution in [3.05, 3.63) is 77.6 Å². The highest BCUT2D eigenvalue weighted by atomic mass is 32.2. The number of rotatable bonds is 4. The molecule has 2 heterocycles. The van der Waals surface area contributed by atoms with Gasteiger partial charge in [-0.15, -0.1) is 0 Å². The molecule has 0 saturated heterocycles. The molecule has 0 spiro atoms. The smallest absolute Gasteiger partial charge is 0.251 e. The predicted octanol–water partition coefficient (Wildman–Crippen LogP) is 2.97. The average Bonchev–Trinajstić information content (AvgIpc) is 2.71. The highest BCUT2D eigenvalue weighted by Gasteiger charge is 2.19. The minimum Gasteiger partial charge on any atom is -0.488 e. The van der Waals surface area contributed by atoms with E-state index in [0.29, 0.717) is 23.5 Å². The van der Waals surface area contributed by atoms with Crippen LogP contribution in [0.1, 0.15) is 21.5 Å². The first-order chi connectivity index (χ1) is 13.4. The lowest BCUT2D eigenvalue weighted by molar-refractivity contribution is 0.0950. The van der Waals surface area contributed by atoms with Gasteiger partial charge in [0.1, 0.15) is 12.4 Å².